The van der Waals surface area contributed by atoms with Crippen LogP contribution in [0.1, 0.15) is 55.4 Å². The number of nitrogens with zero attached hydrogens (tertiary/aromatic N) is 1. The van der Waals surface area contributed by atoms with Crippen LogP contribution in [0, 0.1) is 5.41 Å². The standard InChI is InChI=1S/C17H22N2S/c1-12(16-18-10-11-20-16)19-15-14-7-5-4-6-13(14)8-9-17(15,2)3/h4-7,10-12,15,19H,8-9H2,1-3H3. The molecule has 1 aliphatic carbocycles. The van der Waals surface area contributed by atoms with Gasteiger partial charge in [0, 0.05) is 17.6 Å². The summed E-state index contributed by atoms with van der Waals surface area (Å²) in [4.78, 5) is 4.44. The van der Waals surface area contributed by atoms with Crippen LogP contribution in [0.4, 0.5) is 0 Å². The van der Waals surface area contributed by atoms with Crippen molar-refractivity contribution in [2.75, 3.05) is 0 Å². The zero-order chi connectivity index (χ0) is 14.2. The van der Waals surface area contributed by atoms with E-state index in [4.69, 9.17) is 0 Å². The Hall–Kier alpha value is -1.19. The van der Waals surface area contributed by atoms with Gasteiger partial charge >= 0.3 is 0 Å². The molecule has 0 aliphatic heterocycles. The fourth-order valence-electron chi connectivity index (χ4n) is 3.15. The van der Waals surface area contributed by atoms with Gasteiger partial charge in [0.1, 0.15) is 5.01 Å². The minimum atomic E-state index is 0.278. The van der Waals surface area contributed by atoms with Gasteiger partial charge in [-0.15, -0.1) is 11.3 Å². The zero-order valence-electron chi connectivity index (χ0n) is 12.4. The number of benzene rings is 1. The molecule has 2 nitrogen and oxygen atoms in total. The summed E-state index contributed by atoms with van der Waals surface area (Å²) in [6.45, 7) is 6.95. The van der Waals surface area contributed by atoms with Gasteiger partial charge in [0.05, 0.1) is 6.04 Å². The van der Waals surface area contributed by atoms with Crippen molar-refractivity contribution in [2.24, 2.45) is 5.41 Å². The maximum atomic E-state index is 4.44. The number of aryl methyl sites for hydroxylation is 1. The van der Waals surface area contributed by atoms with Crippen molar-refractivity contribution in [3.05, 3.63) is 52.0 Å². The molecule has 3 rings (SSSR count). The van der Waals surface area contributed by atoms with Crippen molar-refractivity contribution in [3.8, 4) is 0 Å². The van der Waals surface area contributed by atoms with E-state index in [1.807, 2.05) is 11.6 Å². The molecule has 2 atom stereocenters. The number of fused-ring (bicyclic) bond motifs is 1. The summed E-state index contributed by atoms with van der Waals surface area (Å²) >= 11 is 1.73. The molecule has 0 spiro atoms. The van der Waals surface area contributed by atoms with Crippen molar-refractivity contribution < 1.29 is 0 Å². The SMILES string of the molecule is CC(NC1c2ccccc2CCC1(C)C)c1nccs1. The first-order valence-electron chi connectivity index (χ1n) is 7.31. The molecule has 1 aliphatic rings. The Labute approximate surface area is 125 Å². The normalized spacial score (nSPS) is 22.2. The molecule has 0 fully saturated rings. The fourth-order valence-corrected chi connectivity index (χ4v) is 3.81. The Morgan fingerprint density at radius 1 is 1.35 bits per heavy atom. The predicted molar refractivity (Wildman–Crippen MR) is 84.9 cm³/mol. The van der Waals surface area contributed by atoms with Gasteiger partial charge in [0.2, 0.25) is 0 Å². The summed E-state index contributed by atoms with van der Waals surface area (Å²) in [7, 11) is 0. The lowest BCUT2D eigenvalue weighted by molar-refractivity contribution is 0.196. The fraction of sp³-hybridized carbons (Fsp3) is 0.471. The van der Waals surface area contributed by atoms with Gasteiger partial charge in [-0.05, 0) is 36.3 Å². The van der Waals surface area contributed by atoms with Crippen molar-refractivity contribution in [2.45, 2.75) is 45.7 Å². The van der Waals surface area contributed by atoms with Gasteiger partial charge < -0.3 is 5.32 Å². The van der Waals surface area contributed by atoms with Crippen molar-refractivity contribution in [1.82, 2.24) is 10.3 Å². The van der Waals surface area contributed by atoms with E-state index >= 15 is 0 Å². The quantitative estimate of drug-likeness (QED) is 0.898. The average molecular weight is 286 g/mol. The molecule has 1 aromatic heterocycles. The third-order valence-corrected chi connectivity index (χ3v) is 5.38. The van der Waals surface area contributed by atoms with E-state index in [9.17, 15) is 0 Å². The second-order valence-electron chi connectivity index (χ2n) is 6.38. The highest BCUT2D eigenvalue weighted by molar-refractivity contribution is 7.09. The second kappa shape index (κ2) is 5.30. The van der Waals surface area contributed by atoms with Gasteiger partial charge in [0.15, 0.2) is 0 Å². The summed E-state index contributed by atoms with van der Waals surface area (Å²) in [6, 6.07) is 9.55. The van der Waals surface area contributed by atoms with E-state index in [0.29, 0.717) is 12.1 Å². The lowest BCUT2D eigenvalue weighted by Gasteiger charge is -2.42. The third-order valence-electron chi connectivity index (χ3n) is 4.42. The molecule has 20 heavy (non-hydrogen) atoms. The molecule has 1 aromatic carbocycles. The molecule has 0 amide bonds. The predicted octanol–water partition coefficient (Wildman–Crippen LogP) is 4.51. The smallest absolute Gasteiger partial charge is 0.109 e. The Kier molecular flexibility index (Phi) is 3.65. The van der Waals surface area contributed by atoms with Crippen molar-refractivity contribution in [1.29, 1.82) is 0 Å². The van der Waals surface area contributed by atoms with Crippen LogP contribution in [0.2, 0.25) is 0 Å². The number of thiazole rings is 1. The van der Waals surface area contributed by atoms with Crippen molar-refractivity contribution >= 4 is 11.3 Å². The van der Waals surface area contributed by atoms with E-state index in [1.165, 1.54) is 29.0 Å². The zero-order valence-corrected chi connectivity index (χ0v) is 13.2. The Bertz CT molecular complexity index is 574. The molecule has 0 saturated heterocycles. The number of hydrogen-bond donors (Lipinski definition) is 1. The van der Waals surface area contributed by atoms with E-state index in [0.717, 1.165) is 0 Å². The highest BCUT2D eigenvalue weighted by Gasteiger charge is 2.36. The maximum absolute atomic E-state index is 4.44. The highest BCUT2D eigenvalue weighted by atomic mass is 32.1. The molecular formula is C17H22N2S. The highest BCUT2D eigenvalue weighted by Crippen LogP contribution is 2.44. The molecule has 2 aromatic rings. The number of hydrogen-bond acceptors (Lipinski definition) is 3. The molecule has 1 N–H and O–H groups in total. The van der Waals surface area contributed by atoms with E-state index in [1.54, 1.807) is 11.3 Å². The van der Waals surface area contributed by atoms with E-state index in [-0.39, 0.29) is 5.41 Å². The molecular weight excluding hydrogens is 264 g/mol. The summed E-state index contributed by atoms with van der Waals surface area (Å²) in [5.74, 6) is 0. The largest absolute Gasteiger partial charge is 0.301 e. The van der Waals surface area contributed by atoms with Crippen LogP contribution in [0.25, 0.3) is 0 Å². The van der Waals surface area contributed by atoms with Crippen LogP contribution in [-0.4, -0.2) is 4.98 Å². The van der Waals surface area contributed by atoms with Gasteiger partial charge in [0.25, 0.3) is 0 Å². The van der Waals surface area contributed by atoms with Gasteiger partial charge in [-0.25, -0.2) is 4.98 Å². The molecule has 3 heteroatoms. The van der Waals surface area contributed by atoms with Gasteiger partial charge in [-0.3, -0.25) is 0 Å². The monoisotopic (exact) mass is 286 g/mol. The van der Waals surface area contributed by atoms with Gasteiger partial charge in [-0.2, -0.15) is 0 Å². The summed E-state index contributed by atoms with van der Waals surface area (Å²) in [5, 5.41) is 7.03. The number of nitrogens with one attached hydrogen (secondary N) is 1. The molecule has 0 saturated carbocycles. The minimum absolute atomic E-state index is 0.278. The second-order valence-corrected chi connectivity index (χ2v) is 7.31. The lowest BCUT2D eigenvalue weighted by atomic mass is 9.70. The molecule has 2 unspecified atom stereocenters. The first-order valence-corrected chi connectivity index (χ1v) is 8.19. The Morgan fingerprint density at radius 2 is 2.15 bits per heavy atom. The van der Waals surface area contributed by atoms with Crippen LogP contribution in [0.15, 0.2) is 35.8 Å². The molecule has 1 heterocycles. The number of aromatic nitrogens is 1. The third kappa shape index (κ3) is 2.52. The minimum Gasteiger partial charge on any atom is -0.301 e. The first kappa shape index (κ1) is 13.8. The summed E-state index contributed by atoms with van der Waals surface area (Å²) in [6.07, 6.45) is 4.30. The van der Waals surface area contributed by atoms with E-state index < -0.39 is 0 Å². The van der Waals surface area contributed by atoms with Crippen LogP contribution >= 0.6 is 11.3 Å². The Morgan fingerprint density at radius 3 is 2.90 bits per heavy atom. The van der Waals surface area contributed by atoms with Crippen LogP contribution < -0.4 is 5.32 Å². The first-order chi connectivity index (χ1) is 9.58. The number of rotatable bonds is 3. The van der Waals surface area contributed by atoms with Crippen molar-refractivity contribution in [3.63, 3.8) is 0 Å². The van der Waals surface area contributed by atoms with E-state index in [2.05, 4.69) is 55.3 Å². The maximum Gasteiger partial charge on any atom is 0.109 e. The van der Waals surface area contributed by atoms with Gasteiger partial charge in [-0.1, -0.05) is 38.1 Å². The summed E-state index contributed by atoms with van der Waals surface area (Å²) < 4.78 is 0. The van der Waals surface area contributed by atoms with Crippen LogP contribution in [0.5, 0.6) is 0 Å². The Balaban J connectivity index is 1.90. The molecule has 0 radical (unpaired) electrons. The topological polar surface area (TPSA) is 24.9 Å². The molecule has 0 bridgehead atoms. The lowest BCUT2D eigenvalue weighted by Crippen LogP contribution is -2.39. The van der Waals surface area contributed by atoms with Crippen LogP contribution in [-0.2, 0) is 6.42 Å². The van der Waals surface area contributed by atoms with Crippen LogP contribution in [0.3, 0.4) is 0 Å². The average Bonchev–Trinajstić information content (AvgIpc) is 2.96. The molecule has 106 valence electrons. The summed E-state index contributed by atoms with van der Waals surface area (Å²) in [5.41, 5.74) is 3.24.